The van der Waals surface area contributed by atoms with Crippen molar-refractivity contribution in [2.75, 3.05) is 47.0 Å². The van der Waals surface area contributed by atoms with Crippen molar-refractivity contribution in [3.63, 3.8) is 0 Å². The molecule has 27 nitrogen and oxygen atoms in total. The number of amides is 1. The lowest BCUT2D eigenvalue weighted by Gasteiger charge is -2.19. The zero-order valence-electron chi connectivity index (χ0n) is 41.6. The lowest BCUT2D eigenvalue weighted by Crippen LogP contribution is -2.38. The Kier molecular flexibility index (Phi) is 12.5. The van der Waals surface area contributed by atoms with Crippen molar-refractivity contribution in [3.05, 3.63) is 104 Å². The monoisotopic (exact) mass is 1070 g/mol. The van der Waals surface area contributed by atoms with Gasteiger partial charge in [0.2, 0.25) is 17.8 Å². The van der Waals surface area contributed by atoms with Crippen LogP contribution >= 0.6 is 0 Å². The van der Waals surface area contributed by atoms with E-state index in [9.17, 15) is 46.3 Å². The van der Waals surface area contributed by atoms with E-state index in [1.165, 1.54) is 90.7 Å². The highest BCUT2D eigenvalue weighted by molar-refractivity contribution is 5.93. The van der Waals surface area contributed by atoms with Gasteiger partial charge in [-0.25, -0.2) is 81.8 Å². The number of fused-ring (bicyclic) bond motifs is 4. The number of halogens is 4. The molecule has 2 aliphatic heterocycles. The van der Waals surface area contributed by atoms with Gasteiger partial charge in [0.05, 0.1) is 47.5 Å². The van der Waals surface area contributed by atoms with E-state index < -0.39 is 82.0 Å². The third kappa shape index (κ3) is 8.94. The van der Waals surface area contributed by atoms with Gasteiger partial charge in [-0.1, -0.05) is 0 Å². The number of carbonyl (C=O) groups is 2. The molecule has 400 valence electrons. The van der Waals surface area contributed by atoms with Crippen LogP contribution in [0.15, 0.2) is 81.1 Å². The van der Waals surface area contributed by atoms with Gasteiger partial charge in [-0.2, -0.15) is 0 Å². The summed E-state index contributed by atoms with van der Waals surface area (Å²) in [4.78, 5) is 118. The maximum absolute atomic E-state index is 13.5. The van der Waals surface area contributed by atoms with Crippen molar-refractivity contribution >= 4 is 57.7 Å². The van der Waals surface area contributed by atoms with Crippen LogP contribution in [0.1, 0.15) is 25.9 Å². The smallest absolute Gasteiger partial charge is 0.332 e. The summed E-state index contributed by atoms with van der Waals surface area (Å²) in [7, 11) is 5.67. The minimum absolute atomic E-state index is 0.106. The second-order valence-corrected chi connectivity index (χ2v) is 18.9. The number of imidazole rings is 2. The van der Waals surface area contributed by atoms with Crippen molar-refractivity contribution in [1.29, 1.82) is 0 Å². The zero-order chi connectivity index (χ0) is 55.2. The van der Waals surface area contributed by atoms with E-state index in [1.54, 1.807) is 41.4 Å². The van der Waals surface area contributed by atoms with Gasteiger partial charge in [-0.15, -0.1) is 0 Å². The number of anilines is 4. The first-order valence-electron chi connectivity index (χ1n) is 23.6. The Bertz CT molecular complexity index is 3890. The lowest BCUT2D eigenvalue weighted by molar-refractivity contribution is -0.140. The van der Waals surface area contributed by atoms with Crippen LogP contribution in [-0.2, 0) is 37.8 Å². The number of alkyl halides is 4. The molecule has 4 fully saturated rings. The Morgan fingerprint density at radius 2 is 1.01 bits per heavy atom. The van der Waals surface area contributed by atoms with Gasteiger partial charge in [0.15, 0.2) is 34.0 Å². The Balaban J connectivity index is 0.000000145. The van der Waals surface area contributed by atoms with E-state index in [-0.39, 0.29) is 47.1 Å². The number of nitrogens with one attached hydrogen (secondary N) is 1. The summed E-state index contributed by atoms with van der Waals surface area (Å²) in [6.07, 6.45) is 11.8. The molecule has 31 heteroatoms. The van der Waals surface area contributed by atoms with E-state index in [4.69, 9.17) is 10.8 Å². The molecule has 1 amide bonds. The number of piperidine rings is 2. The predicted molar refractivity (Wildman–Crippen MR) is 265 cm³/mol. The maximum Gasteiger partial charge on any atom is 0.332 e. The number of aromatic nitrogens is 16. The quantitative estimate of drug-likeness (QED) is 0.169. The van der Waals surface area contributed by atoms with Gasteiger partial charge in [0, 0.05) is 91.6 Å². The highest BCUT2D eigenvalue weighted by atomic mass is 19.3. The van der Waals surface area contributed by atoms with Crippen molar-refractivity contribution in [2.45, 2.75) is 37.8 Å². The summed E-state index contributed by atoms with van der Waals surface area (Å²) in [5.41, 5.74) is 5.16. The summed E-state index contributed by atoms with van der Waals surface area (Å²) >= 11 is 0. The highest BCUT2D eigenvalue weighted by Gasteiger charge is 2.72. The third-order valence-corrected chi connectivity index (χ3v) is 14.3. The van der Waals surface area contributed by atoms with E-state index in [0.29, 0.717) is 47.8 Å². The van der Waals surface area contributed by atoms with Crippen LogP contribution in [0.25, 0.3) is 45.1 Å². The molecule has 4 unspecified atom stereocenters. The van der Waals surface area contributed by atoms with Gasteiger partial charge < -0.3 is 35.1 Å². The Labute approximate surface area is 429 Å². The van der Waals surface area contributed by atoms with Gasteiger partial charge in [-0.05, 0) is 26.0 Å². The topological polar surface area (TPSA) is 326 Å². The van der Waals surface area contributed by atoms with Crippen molar-refractivity contribution in [2.24, 2.45) is 51.9 Å². The number of carboxylic acid groups (broad SMARTS) is 1. The van der Waals surface area contributed by atoms with Gasteiger partial charge in [-0.3, -0.25) is 32.7 Å². The molecule has 2 aliphatic carbocycles. The van der Waals surface area contributed by atoms with Crippen molar-refractivity contribution < 1.29 is 32.3 Å². The van der Waals surface area contributed by atoms with Crippen LogP contribution in [0.2, 0.25) is 0 Å². The molecule has 8 aromatic heterocycles. The lowest BCUT2D eigenvalue weighted by atomic mass is 10.3. The average molecular weight is 1070 g/mol. The summed E-state index contributed by atoms with van der Waals surface area (Å²) in [5.74, 6) is -6.87. The van der Waals surface area contributed by atoms with E-state index >= 15 is 0 Å². The fourth-order valence-corrected chi connectivity index (χ4v) is 9.41. The molecule has 10 heterocycles. The molecule has 8 aromatic rings. The van der Waals surface area contributed by atoms with Crippen LogP contribution in [-0.4, -0.2) is 132 Å². The Morgan fingerprint density at radius 3 is 1.43 bits per heavy atom. The number of nitrogens with two attached hydrogens (primary N) is 1. The molecule has 2 saturated heterocycles. The molecule has 4 aliphatic rings. The number of carboxylic acids is 1. The van der Waals surface area contributed by atoms with Crippen LogP contribution in [0, 0.1) is 23.7 Å². The summed E-state index contributed by atoms with van der Waals surface area (Å²) in [5, 5.41) is 11.7. The summed E-state index contributed by atoms with van der Waals surface area (Å²) in [6.45, 7) is 4.10. The highest BCUT2D eigenvalue weighted by Crippen LogP contribution is 2.60. The van der Waals surface area contributed by atoms with E-state index in [1.807, 2.05) is 0 Å². The molecule has 0 spiro atoms. The molecule has 6 atom stereocenters. The number of nitrogen functional groups attached to an aromatic ring is 1. The molecular weight excluding hydrogens is 1020 g/mol. The fraction of sp³-hybridized carbons (Fsp3) is 0.391. The molecule has 0 radical (unpaired) electrons. The second-order valence-electron chi connectivity index (χ2n) is 18.9. The van der Waals surface area contributed by atoms with Gasteiger partial charge in [0.1, 0.15) is 23.7 Å². The SMILES string of the molecule is C[C@@H](C(=O)Nc1ccnc(-c2cnc(N3CC4C(C3)C4(F)F)nc2)n1)n1cnc2c1c(=O)n(C)c(=O)n2C.C[C@@H](C(=O)O)n1cnc2c1c(=O)n(C)c(=O)n2C.Nc1ccnc(-c2cnc(N3CC4C(C3)C4(F)F)nc2)n1. The van der Waals surface area contributed by atoms with E-state index in [0.717, 1.165) is 9.13 Å². The number of nitrogens with zero attached hydrogens (tertiary/aromatic N) is 18. The first kappa shape index (κ1) is 51.2. The number of aryl methyl sites for hydroxylation is 2. The van der Waals surface area contributed by atoms with Crippen molar-refractivity contribution in [1.82, 2.24) is 77.2 Å². The van der Waals surface area contributed by atoms with E-state index in [2.05, 4.69) is 55.2 Å². The Morgan fingerprint density at radius 1 is 0.610 bits per heavy atom. The maximum atomic E-state index is 13.5. The number of hydrogen-bond donors (Lipinski definition) is 3. The predicted octanol–water partition coefficient (Wildman–Crippen LogP) is 0.878. The molecule has 0 aromatic carbocycles. The number of carbonyl (C=O) groups excluding carboxylic acids is 1. The molecule has 0 bridgehead atoms. The molecular formula is C46H46F4N20O7. The standard InChI is InChI=1S/C23H22F2N10O3.C13H12F2N6.C10H12N4O4/c1-11(35-10-29-18-16(35)20(37)33(3)22(38)32(18)2)19(36)31-15-4-5-26-17(30-15)12-6-27-21(28-7-12)34-8-13-14(9-34)23(13,24)25;14-13(15)8-5-21(6-9(8)13)12-18-3-7(4-19-12)11-17-2-1-10(16)20-11;1-5(9(16)17)14-4-11-7-6(14)8(15)13(3)10(18)12(7)2/h4-7,10-11,13-14H,8-9H2,1-3H3,(H,26,30,31,36);1-4,8-9H,5-6H2,(H2,16,17,20);4-5H,1-3H3,(H,16,17)/t11-,13?,14?;;5-/m0.0/s1. The third-order valence-electron chi connectivity index (χ3n) is 14.3. The first-order valence-corrected chi connectivity index (χ1v) is 23.6. The summed E-state index contributed by atoms with van der Waals surface area (Å²) in [6, 6.07) is 1.31. The number of aliphatic carboxylic acids is 1. The molecule has 12 rings (SSSR count). The first-order chi connectivity index (χ1) is 36.5. The summed E-state index contributed by atoms with van der Waals surface area (Å²) < 4.78 is 60.2. The average Bonchev–Trinajstić information content (AvgIpc) is 4.12. The van der Waals surface area contributed by atoms with Crippen LogP contribution < -0.4 is 43.3 Å². The molecule has 2 saturated carbocycles. The molecule has 4 N–H and O–H groups in total. The largest absolute Gasteiger partial charge is 0.480 e. The number of rotatable bonds is 9. The Hall–Kier alpha value is -9.32. The number of hydrogen-bond acceptors (Lipinski definition) is 19. The van der Waals surface area contributed by atoms with Crippen LogP contribution in [0.3, 0.4) is 0 Å². The molecule has 77 heavy (non-hydrogen) atoms. The van der Waals surface area contributed by atoms with Crippen LogP contribution in [0.5, 0.6) is 0 Å². The van der Waals surface area contributed by atoms with Crippen molar-refractivity contribution in [3.8, 4) is 22.8 Å². The fourth-order valence-electron chi connectivity index (χ4n) is 9.41. The normalized spacial score (nSPS) is 20.1. The van der Waals surface area contributed by atoms with Gasteiger partial charge in [0.25, 0.3) is 23.0 Å². The zero-order valence-corrected chi connectivity index (χ0v) is 41.6. The van der Waals surface area contributed by atoms with Crippen LogP contribution in [0.4, 0.5) is 41.1 Å². The minimum atomic E-state index is -2.58. The van der Waals surface area contributed by atoms with Gasteiger partial charge >= 0.3 is 17.3 Å². The minimum Gasteiger partial charge on any atom is -0.480 e. The second kappa shape index (κ2) is 18.8.